The Balaban J connectivity index is 3.80. The summed E-state index contributed by atoms with van der Waals surface area (Å²) in [7, 11) is 0. The number of esters is 2. The van der Waals surface area contributed by atoms with Crippen molar-refractivity contribution in [1.82, 2.24) is 0 Å². The zero-order valence-corrected chi connectivity index (χ0v) is 13.2. The van der Waals surface area contributed by atoms with Crippen molar-refractivity contribution in [2.75, 3.05) is 6.61 Å². The monoisotopic (exact) mass is 284 g/mol. The smallest absolute Gasteiger partial charge is 0.306 e. The Labute approximate surface area is 122 Å². The van der Waals surface area contributed by atoms with Crippen LogP contribution in [0.4, 0.5) is 0 Å². The lowest BCUT2D eigenvalue weighted by molar-refractivity contribution is -0.155. The molecule has 0 bridgehead atoms. The molecule has 116 valence electrons. The third-order valence-corrected chi connectivity index (χ3v) is 2.92. The molecule has 20 heavy (non-hydrogen) atoms. The number of carbonyl (C=O) groups excluding carboxylic acids is 2. The van der Waals surface area contributed by atoms with Gasteiger partial charge in [-0.05, 0) is 18.8 Å². The molecule has 0 heterocycles. The van der Waals surface area contributed by atoms with E-state index >= 15 is 0 Å². The van der Waals surface area contributed by atoms with E-state index in [1.54, 1.807) is 0 Å². The minimum atomic E-state index is -0.360. The molecule has 0 amide bonds. The van der Waals surface area contributed by atoms with Crippen molar-refractivity contribution in [2.24, 2.45) is 5.92 Å². The molecule has 0 aromatic heterocycles. The highest BCUT2D eigenvalue weighted by molar-refractivity contribution is 5.77. The quantitative estimate of drug-likeness (QED) is 0.454. The molecule has 0 aliphatic heterocycles. The molecule has 0 saturated heterocycles. The van der Waals surface area contributed by atoms with Gasteiger partial charge >= 0.3 is 11.9 Å². The summed E-state index contributed by atoms with van der Waals surface area (Å²) >= 11 is 0. The largest absolute Gasteiger partial charge is 0.462 e. The molecule has 1 atom stereocenters. The molecule has 0 radical (unpaired) electrons. The second-order valence-electron chi connectivity index (χ2n) is 5.12. The molecule has 0 aliphatic carbocycles. The Bertz CT molecular complexity index is 308. The van der Waals surface area contributed by atoms with E-state index in [1.165, 1.54) is 0 Å². The first-order valence-electron chi connectivity index (χ1n) is 7.51. The first kappa shape index (κ1) is 18.7. The molecule has 0 aliphatic rings. The van der Waals surface area contributed by atoms with Crippen LogP contribution in [0.2, 0.25) is 0 Å². The lowest BCUT2D eigenvalue weighted by Gasteiger charge is -2.19. The van der Waals surface area contributed by atoms with Crippen LogP contribution in [0.15, 0.2) is 12.2 Å². The fourth-order valence-corrected chi connectivity index (χ4v) is 1.69. The van der Waals surface area contributed by atoms with Crippen LogP contribution >= 0.6 is 0 Å². The molecule has 4 heteroatoms. The van der Waals surface area contributed by atoms with Crippen molar-refractivity contribution in [1.29, 1.82) is 0 Å². The van der Waals surface area contributed by atoms with E-state index in [0.29, 0.717) is 5.92 Å². The maximum absolute atomic E-state index is 11.6. The number of rotatable bonds is 10. The predicted octanol–water partition coefficient (Wildman–Crippen LogP) is 3.64. The third kappa shape index (κ3) is 9.59. The summed E-state index contributed by atoms with van der Waals surface area (Å²) < 4.78 is 10.3. The molecule has 0 spiro atoms. The number of carbonyl (C=O) groups is 2. The van der Waals surface area contributed by atoms with Crippen LogP contribution in [0, 0.1) is 5.92 Å². The Morgan fingerprint density at radius 2 is 1.70 bits per heavy atom. The first-order valence-corrected chi connectivity index (χ1v) is 7.51. The fraction of sp³-hybridized carbons (Fsp3) is 0.750. The van der Waals surface area contributed by atoms with Gasteiger partial charge in [0.15, 0.2) is 0 Å². The van der Waals surface area contributed by atoms with Gasteiger partial charge in [-0.1, -0.05) is 46.3 Å². The van der Waals surface area contributed by atoms with Gasteiger partial charge in [0, 0.05) is 0 Å². The molecule has 0 fully saturated rings. The second kappa shape index (κ2) is 11.5. The van der Waals surface area contributed by atoms with Crippen LogP contribution in [-0.4, -0.2) is 24.6 Å². The Morgan fingerprint density at radius 3 is 2.25 bits per heavy atom. The van der Waals surface area contributed by atoms with E-state index in [9.17, 15) is 9.59 Å². The number of unbranched alkanes of at least 4 members (excludes halogenated alkanes) is 1. The van der Waals surface area contributed by atoms with Gasteiger partial charge in [0.25, 0.3) is 0 Å². The third-order valence-electron chi connectivity index (χ3n) is 2.92. The van der Waals surface area contributed by atoms with Crippen LogP contribution in [0.3, 0.4) is 0 Å². The van der Waals surface area contributed by atoms with Crippen LogP contribution in [0.1, 0.15) is 59.8 Å². The molecule has 1 unspecified atom stereocenters. The second-order valence-corrected chi connectivity index (χ2v) is 5.12. The van der Waals surface area contributed by atoms with Crippen molar-refractivity contribution < 1.29 is 19.1 Å². The predicted molar refractivity (Wildman–Crippen MR) is 79.3 cm³/mol. The Kier molecular flexibility index (Phi) is 10.7. The zero-order valence-electron chi connectivity index (χ0n) is 13.2. The lowest BCUT2D eigenvalue weighted by Crippen LogP contribution is -2.23. The van der Waals surface area contributed by atoms with Crippen LogP contribution in [-0.2, 0) is 19.1 Å². The van der Waals surface area contributed by atoms with E-state index in [2.05, 4.69) is 6.92 Å². The maximum atomic E-state index is 11.6. The molecular formula is C16H28O4. The Morgan fingerprint density at radius 1 is 1.05 bits per heavy atom. The number of allylic oxidation sites excluding steroid dienone is 1. The summed E-state index contributed by atoms with van der Waals surface area (Å²) in [5.41, 5.74) is 0. The molecule has 0 aromatic carbocycles. The summed E-state index contributed by atoms with van der Waals surface area (Å²) in [6.45, 7) is 8.37. The highest BCUT2D eigenvalue weighted by atomic mass is 16.5. The van der Waals surface area contributed by atoms with E-state index in [0.717, 1.165) is 19.3 Å². The summed E-state index contributed by atoms with van der Waals surface area (Å²) in [4.78, 5) is 23.0. The minimum Gasteiger partial charge on any atom is -0.462 e. The average molecular weight is 284 g/mol. The van der Waals surface area contributed by atoms with Crippen molar-refractivity contribution in [3.05, 3.63) is 12.2 Å². The average Bonchev–Trinajstić information content (AvgIpc) is 2.41. The van der Waals surface area contributed by atoms with Gasteiger partial charge in [0.1, 0.15) is 12.7 Å². The van der Waals surface area contributed by atoms with Gasteiger partial charge in [-0.3, -0.25) is 9.59 Å². The molecule has 0 aromatic rings. The van der Waals surface area contributed by atoms with Crippen LogP contribution < -0.4 is 0 Å². The standard InChI is InChI=1S/C16H28O4/c1-5-7-8-9-12-19-15(17)10-11-16(18)20-14(6-2)13(3)4/h8-9,13-14H,5-7,10-12H2,1-4H3/b9-8-. The first-order chi connectivity index (χ1) is 9.51. The van der Waals surface area contributed by atoms with Gasteiger partial charge in [0.05, 0.1) is 12.8 Å². The van der Waals surface area contributed by atoms with Crippen molar-refractivity contribution in [3.8, 4) is 0 Å². The van der Waals surface area contributed by atoms with Crippen LogP contribution in [0.25, 0.3) is 0 Å². The summed E-state index contributed by atoms with van der Waals surface area (Å²) in [6, 6.07) is 0. The van der Waals surface area contributed by atoms with Gasteiger partial charge in [0.2, 0.25) is 0 Å². The molecule has 0 saturated carbocycles. The lowest BCUT2D eigenvalue weighted by atomic mass is 10.1. The van der Waals surface area contributed by atoms with Crippen molar-refractivity contribution >= 4 is 11.9 Å². The Hall–Kier alpha value is -1.32. The van der Waals surface area contributed by atoms with Gasteiger partial charge in [-0.15, -0.1) is 0 Å². The molecule has 0 N–H and O–H groups in total. The van der Waals surface area contributed by atoms with Gasteiger partial charge in [-0.25, -0.2) is 0 Å². The summed E-state index contributed by atoms with van der Waals surface area (Å²) in [6.07, 6.45) is 6.74. The number of ether oxygens (including phenoxy) is 2. The highest BCUT2D eigenvalue weighted by Gasteiger charge is 2.17. The van der Waals surface area contributed by atoms with E-state index < -0.39 is 0 Å². The summed E-state index contributed by atoms with van der Waals surface area (Å²) in [5.74, 6) is -0.399. The van der Waals surface area contributed by atoms with Crippen molar-refractivity contribution in [2.45, 2.75) is 65.9 Å². The van der Waals surface area contributed by atoms with Gasteiger partial charge < -0.3 is 9.47 Å². The van der Waals surface area contributed by atoms with E-state index in [4.69, 9.17) is 9.47 Å². The topological polar surface area (TPSA) is 52.6 Å². The number of hydrogen-bond acceptors (Lipinski definition) is 4. The summed E-state index contributed by atoms with van der Waals surface area (Å²) in [5, 5.41) is 0. The van der Waals surface area contributed by atoms with E-state index in [-0.39, 0.29) is 37.5 Å². The fourth-order valence-electron chi connectivity index (χ4n) is 1.69. The zero-order chi connectivity index (χ0) is 15.4. The highest BCUT2D eigenvalue weighted by Crippen LogP contribution is 2.11. The normalized spacial score (nSPS) is 12.7. The van der Waals surface area contributed by atoms with Crippen LogP contribution in [0.5, 0.6) is 0 Å². The molecule has 0 rings (SSSR count). The number of hydrogen-bond donors (Lipinski definition) is 0. The maximum Gasteiger partial charge on any atom is 0.306 e. The molecular weight excluding hydrogens is 256 g/mol. The SMILES string of the molecule is CCC/C=C\COC(=O)CCC(=O)OC(CC)C(C)C. The van der Waals surface area contributed by atoms with E-state index in [1.807, 2.05) is 32.9 Å². The molecule has 4 nitrogen and oxygen atoms in total. The minimum absolute atomic E-state index is 0.0736. The van der Waals surface area contributed by atoms with Gasteiger partial charge in [-0.2, -0.15) is 0 Å². The van der Waals surface area contributed by atoms with Crippen molar-refractivity contribution in [3.63, 3.8) is 0 Å².